The molecule has 0 radical (unpaired) electrons. The Balaban J connectivity index is 2.10. The Kier molecular flexibility index (Phi) is 3.15. The zero-order chi connectivity index (χ0) is 14.1. The second-order valence-corrected chi connectivity index (χ2v) is 5.57. The van der Waals surface area contributed by atoms with Crippen LogP contribution in [-0.4, -0.2) is 17.1 Å². The summed E-state index contributed by atoms with van der Waals surface area (Å²) < 4.78 is 5.33. The van der Waals surface area contributed by atoms with Gasteiger partial charge >= 0.3 is 0 Å². The van der Waals surface area contributed by atoms with Crippen LogP contribution in [0.5, 0.6) is 5.75 Å². The molecule has 0 fully saturated rings. The fourth-order valence-electron chi connectivity index (χ4n) is 2.03. The number of methoxy groups -OCH3 is 1. The van der Waals surface area contributed by atoms with Gasteiger partial charge in [0.1, 0.15) is 16.4 Å². The minimum Gasteiger partial charge on any atom is -0.495 e. The maximum atomic E-state index is 5.77. The first kappa shape index (κ1) is 12.7. The molecular weight excluding hydrogens is 272 g/mol. The summed E-state index contributed by atoms with van der Waals surface area (Å²) in [4.78, 5) is 10.6. The van der Waals surface area contributed by atoms with Crippen LogP contribution in [0.25, 0.3) is 10.2 Å². The lowest BCUT2D eigenvalue weighted by molar-refractivity contribution is 0.417. The van der Waals surface area contributed by atoms with Crippen molar-refractivity contribution in [3.8, 4) is 5.75 Å². The van der Waals surface area contributed by atoms with E-state index >= 15 is 0 Å². The molecule has 5 nitrogen and oxygen atoms in total. The summed E-state index contributed by atoms with van der Waals surface area (Å²) in [6.45, 7) is 2.04. The van der Waals surface area contributed by atoms with Gasteiger partial charge in [-0.3, -0.25) is 0 Å². The third-order valence-electron chi connectivity index (χ3n) is 2.89. The van der Waals surface area contributed by atoms with Crippen molar-refractivity contribution < 1.29 is 4.74 Å². The number of rotatable bonds is 3. The van der Waals surface area contributed by atoms with Crippen LogP contribution in [-0.2, 0) is 0 Å². The number of aromatic nitrogens is 2. The number of nitrogens with one attached hydrogen (secondary N) is 1. The number of nitrogens with zero attached hydrogens (tertiary/aromatic N) is 2. The Morgan fingerprint density at radius 1 is 1.25 bits per heavy atom. The van der Waals surface area contributed by atoms with Gasteiger partial charge in [0.05, 0.1) is 18.2 Å². The molecule has 20 heavy (non-hydrogen) atoms. The predicted molar refractivity (Wildman–Crippen MR) is 82.8 cm³/mol. The van der Waals surface area contributed by atoms with Crippen molar-refractivity contribution in [1.82, 2.24) is 9.97 Å². The summed E-state index contributed by atoms with van der Waals surface area (Å²) >= 11 is 1.60. The number of thiophene rings is 1. The quantitative estimate of drug-likeness (QED) is 0.772. The number of para-hydroxylation sites is 2. The highest BCUT2D eigenvalue weighted by atomic mass is 32.1. The molecular formula is C14H14N4OS. The standard InChI is InChI=1S/C14H14N4OS/c1-8-7-9-12(17-14(15)18-13(9)20-8)16-10-5-3-4-6-11(10)19-2/h3-7H,1-2H3,(H3,15,16,17,18). The first-order valence-electron chi connectivity index (χ1n) is 6.11. The molecule has 0 spiro atoms. The summed E-state index contributed by atoms with van der Waals surface area (Å²) in [6.07, 6.45) is 0. The van der Waals surface area contributed by atoms with E-state index in [0.717, 1.165) is 21.7 Å². The van der Waals surface area contributed by atoms with Crippen molar-refractivity contribution in [2.45, 2.75) is 6.92 Å². The van der Waals surface area contributed by atoms with Gasteiger partial charge < -0.3 is 15.8 Å². The molecule has 0 aliphatic carbocycles. The van der Waals surface area contributed by atoms with Gasteiger partial charge in [0.2, 0.25) is 5.95 Å². The normalized spacial score (nSPS) is 10.7. The molecule has 0 unspecified atom stereocenters. The van der Waals surface area contributed by atoms with Crippen LogP contribution in [0.2, 0.25) is 0 Å². The van der Waals surface area contributed by atoms with Crippen molar-refractivity contribution >= 4 is 39.0 Å². The molecule has 2 heterocycles. The number of fused-ring (bicyclic) bond motifs is 1. The van der Waals surface area contributed by atoms with Crippen LogP contribution < -0.4 is 15.8 Å². The van der Waals surface area contributed by atoms with E-state index in [1.807, 2.05) is 31.2 Å². The van der Waals surface area contributed by atoms with Gasteiger partial charge in [-0.15, -0.1) is 11.3 Å². The van der Waals surface area contributed by atoms with Crippen LogP contribution in [0.4, 0.5) is 17.5 Å². The van der Waals surface area contributed by atoms with Crippen LogP contribution in [0.1, 0.15) is 4.88 Å². The maximum absolute atomic E-state index is 5.77. The molecule has 0 amide bonds. The zero-order valence-corrected chi connectivity index (χ0v) is 12.0. The topological polar surface area (TPSA) is 73.1 Å². The Bertz CT molecular complexity index is 769. The molecule has 0 bridgehead atoms. The van der Waals surface area contributed by atoms with Gasteiger partial charge in [-0.05, 0) is 25.1 Å². The number of hydrogen-bond donors (Lipinski definition) is 2. The number of nitrogen functional groups attached to an aromatic ring is 1. The lowest BCUT2D eigenvalue weighted by Gasteiger charge is -2.11. The number of anilines is 3. The van der Waals surface area contributed by atoms with Gasteiger partial charge in [0.25, 0.3) is 0 Å². The second-order valence-electron chi connectivity index (χ2n) is 4.33. The monoisotopic (exact) mass is 286 g/mol. The molecule has 3 N–H and O–H groups in total. The number of aryl methyl sites for hydroxylation is 1. The van der Waals surface area contributed by atoms with Crippen molar-refractivity contribution in [3.63, 3.8) is 0 Å². The molecule has 3 aromatic rings. The summed E-state index contributed by atoms with van der Waals surface area (Å²) in [5.41, 5.74) is 6.62. The first-order valence-corrected chi connectivity index (χ1v) is 6.92. The third kappa shape index (κ3) is 2.25. The number of nitrogens with two attached hydrogens (primary N) is 1. The van der Waals surface area contributed by atoms with E-state index in [-0.39, 0.29) is 5.95 Å². The van der Waals surface area contributed by atoms with Crippen molar-refractivity contribution in [3.05, 3.63) is 35.2 Å². The Morgan fingerprint density at radius 2 is 2.05 bits per heavy atom. The van der Waals surface area contributed by atoms with Gasteiger partial charge in [-0.25, -0.2) is 4.98 Å². The molecule has 0 aliphatic rings. The third-order valence-corrected chi connectivity index (χ3v) is 3.84. The lowest BCUT2D eigenvalue weighted by atomic mass is 10.2. The highest BCUT2D eigenvalue weighted by Gasteiger charge is 2.11. The van der Waals surface area contributed by atoms with Gasteiger partial charge in [0.15, 0.2) is 0 Å². The van der Waals surface area contributed by atoms with E-state index in [1.165, 1.54) is 4.88 Å². The lowest BCUT2D eigenvalue weighted by Crippen LogP contribution is -2.01. The molecule has 6 heteroatoms. The summed E-state index contributed by atoms with van der Waals surface area (Å²) in [7, 11) is 1.64. The molecule has 3 rings (SSSR count). The smallest absolute Gasteiger partial charge is 0.223 e. The van der Waals surface area contributed by atoms with Gasteiger partial charge in [0, 0.05) is 4.88 Å². The Hall–Kier alpha value is -2.34. The summed E-state index contributed by atoms with van der Waals surface area (Å²) in [6, 6.07) is 9.73. The van der Waals surface area contributed by atoms with Crippen LogP contribution in [0.3, 0.4) is 0 Å². The molecule has 0 aliphatic heterocycles. The van der Waals surface area contributed by atoms with E-state index in [0.29, 0.717) is 5.82 Å². The molecule has 0 saturated heterocycles. The fourth-order valence-corrected chi connectivity index (χ4v) is 2.92. The van der Waals surface area contributed by atoms with Crippen LogP contribution in [0, 0.1) is 6.92 Å². The van der Waals surface area contributed by atoms with E-state index in [9.17, 15) is 0 Å². The van der Waals surface area contributed by atoms with E-state index < -0.39 is 0 Å². The minimum atomic E-state index is 0.261. The molecule has 102 valence electrons. The predicted octanol–water partition coefficient (Wildman–Crippen LogP) is 3.33. The number of ether oxygens (including phenoxy) is 1. The zero-order valence-electron chi connectivity index (χ0n) is 11.2. The molecule has 2 aromatic heterocycles. The molecule has 0 atom stereocenters. The average molecular weight is 286 g/mol. The summed E-state index contributed by atoms with van der Waals surface area (Å²) in [5.74, 6) is 1.71. The maximum Gasteiger partial charge on any atom is 0.223 e. The molecule has 1 aromatic carbocycles. The molecule has 0 saturated carbocycles. The highest BCUT2D eigenvalue weighted by molar-refractivity contribution is 7.18. The average Bonchev–Trinajstić information content (AvgIpc) is 2.79. The number of benzene rings is 1. The number of hydrogen-bond acceptors (Lipinski definition) is 6. The highest BCUT2D eigenvalue weighted by Crippen LogP contribution is 2.33. The Labute approximate surface area is 120 Å². The van der Waals surface area contributed by atoms with Crippen LogP contribution in [0.15, 0.2) is 30.3 Å². The van der Waals surface area contributed by atoms with Crippen molar-refractivity contribution in [2.24, 2.45) is 0 Å². The van der Waals surface area contributed by atoms with E-state index in [2.05, 4.69) is 21.4 Å². The van der Waals surface area contributed by atoms with Gasteiger partial charge in [-0.1, -0.05) is 12.1 Å². The largest absolute Gasteiger partial charge is 0.495 e. The van der Waals surface area contributed by atoms with Crippen LogP contribution >= 0.6 is 11.3 Å². The van der Waals surface area contributed by atoms with E-state index in [4.69, 9.17) is 10.5 Å². The SMILES string of the molecule is COc1ccccc1Nc1nc(N)nc2sc(C)cc12. The van der Waals surface area contributed by atoms with Crippen molar-refractivity contribution in [1.29, 1.82) is 0 Å². The van der Waals surface area contributed by atoms with E-state index in [1.54, 1.807) is 18.4 Å². The first-order chi connectivity index (χ1) is 9.67. The summed E-state index contributed by atoms with van der Waals surface area (Å²) in [5, 5.41) is 4.24. The minimum absolute atomic E-state index is 0.261. The second kappa shape index (κ2) is 4.97. The Morgan fingerprint density at radius 3 is 2.85 bits per heavy atom. The van der Waals surface area contributed by atoms with Crippen molar-refractivity contribution in [2.75, 3.05) is 18.2 Å². The van der Waals surface area contributed by atoms with Gasteiger partial charge in [-0.2, -0.15) is 4.98 Å². The fraction of sp³-hybridized carbons (Fsp3) is 0.143.